The van der Waals surface area contributed by atoms with Crippen molar-refractivity contribution in [1.29, 1.82) is 0 Å². The molecule has 0 atom stereocenters. The molecule has 1 nitrogen and oxygen atoms in total. The minimum atomic E-state index is -5.29. The van der Waals surface area contributed by atoms with Gasteiger partial charge in [-0.15, -0.1) is 24.8 Å². The van der Waals surface area contributed by atoms with Gasteiger partial charge in [-0.3, -0.25) is 0 Å². The zero-order chi connectivity index (χ0) is 18.1. The molecule has 2 rings (SSSR count). The molecule has 0 spiro atoms. The maximum Gasteiger partial charge on any atom is -0.147 e. The smallest absolute Gasteiger partial charge is 0.147 e. The first kappa shape index (κ1) is 25.2. The molecule has 0 saturated heterocycles. The fraction of sp³-hybridized carbons (Fsp3) is 0.500. The number of rotatable bonds is 3. The summed E-state index contributed by atoms with van der Waals surface area (Å²) in [4.78, 5) is 0. The summed E-state index contributed by atoms with van der Waals surface area (Å²) in [7, 11) is -4.29. The second-order valence-electron chi connectivity index (χ2n) is 17.4. The molecule has 147 valence electrons. The number of allylic oxidation sites excluding steroid dienone is 4. The van der Waals surface area contributed by atoms with E-state index >= 15 is 0 Å². The number of benzene rings is 1. The summed E-state index contributed by atoms with van der Waals surface area (Å²) >= 11 is 0. The quantitative estimate of drug-likeness (QED) is 0.598. The standard InChI is InChI=1S/C6H5.C5H5.C4H10N.5CH3.2ClH.H3Si.Ti/c1-2-4-6-5-3-1;1-2-4-5-3-1;1-4(2,3)5;;;;;;;;;/h1-5H;1-3H,4H2;5H,1-3H3;5*1H3;2*1H;1H3;/q;;-1;;;;;;;;;+1. The van der Waals surface area contributed by atoms with Crippen LogP contribution >= 0.6 is 24.8 Å². The fourth-order valence-electron chi connectivity index (χ4n) is 6.31. The van der Waals surface area contributed by atoms with E-state index in [1.54, 1.807) is 3.88 Å². The van der Waals surface area contributed by atoms with E-state index in [2.05, 4.69) is 99.3 Å². The summed E-state index contributed by atoms with van der Waals surface area (Å²) < 4.78 is 7.41. The van der Waals surface area contributed by atoms with Crippen molar-refractivity contribution >= 4 is 36.8 Å². The van der Waals surface area contributed by atoms with Crippen LogP contribution in [0.3, 0.4) is 0 Å². The van der Waals surface area contributed by atoms with Gasteiger partial charge in [0.1, 0.15) is 0 Å². The normalized spacial score (nSPS) is 23.2. The van der Waals surface area contributed by atoms with Crippen molar-refractivity contribution in [1.82, 2.24) is 3.80 Å². The van der Waals surface area contributed by atoms with Crippen LogP contribution in [0.1, 0.15) is 27.2 Å². The van der Waals surface area contributed by atoms with Gasteiger partial charge in [-0.2, -0.15) is 0 Å². The summed E-state index contributed by atoms with van der Waals surface area (Å²) in [6.45, 7) is 6.92. The molecular weight excluding hydrogens is 401 g/mol. The first-order chi connectivity index (χ1) is 9.61. The van der Waals surface area contributed by atoms with Crippen LogP contribution in [0.15, 0.2) is 52.4 Å². The van der Waals surface area contributed by atoms with Crippen molar-refractivity contribution < 1.29 is 9.69 Å². The topological polar surface area (TPSA) is 12.0 Å². The van der Waals surface area contributed by atoms with E-state index in [1.807, 2.05) is 0 Å². The van der Waals surface area contributed by atoms with Crippen LogP contribution in [0.4, 0.5) is 0 Å². The van der Waals surface area contributed by atoms with Crippen LogP contribution in [0.5, 0.6) is 0 Å². The van der Waals surface area contributed by atoms with E-state index in [0.29, 0.717) is 0 Å². The molecule has 5 heteroatoms. The minimum absolute atomic E-state index is 0. The van der Waals surface area contributed by atoms with Crippen LogP contribution in [0.25, 0.3) is 0 Å². The first-order valence-corrected chi connectivity index (χ1v) is 25.0. The maximum atomic E-state index is 4.38. The number of hydrogen-bond donors (Lipinski definition) is 1. The van der Waals surface area contributed by atoms with Gasteiger partial charge in [0.2, 0.25) is 0 Å². The van der Waals surface area contributed by atoms with Gasteiger partial charge in [-0.05, 0) is 0 Å². The largest absolute Gasteiger partial charge is 0.147 e. The zero-order valence-corrected chi connectivity index (χ0v) is 22.8. The van der Waals surface area contributed by atoms with Crippen molar-refractivity contribution in [2.45, 2.75) is 58.9 Å². The monoisotopic (exact) mass is 440 g/mol. The van der Waals surface area contributed by atoms with Gasteiger partial charge in [0.05, 0.1) is 0 Å². The Morgan fingerprint density at radius 2 is 1.40 bits per heavy atom. The fourth-order valence-corrected chi connectivity index (χ4v) is 29.9. The van der Waals surface area contributed by atoms with E-state index in [0.717, 1.165) is 14.5 Å². The molecule has 1 aliphatic rings. The molecule has 1 aromatic carbocycles. The van der Waals surface area contributed by atoms with Gasteiger partial charge in [0, 0.05) is 0 Å². The van der Waals surface area contributed by atoms with Crippen LogP contribution in [0.2, 0.25) is 26.1 Å². The third-order valence-electron chi connectivity index (χ3n) is 7.06. The van der Waals surface area contributed by atoms with Gasteiger partial charge >= 0.3 is 137 Å². The predicted molar refractivity (Wildman–Crippen MR) is 125 cm³/mol. The van der Waals surface area contributed by atoms with Gasteiger partial charge < -0.3 is 0 Å². The Labute approximate surface area is 160 Å². The summed E-state index contributed by atoms with van der Waals surface area (Å²) in [5.74, 6) is 0. The Morgan fingerprint density at radius 1 is 0.920 bits per heavy atom. The molecule has 1 aliphatic carbocycles. The predicted octanol–water partition coefficient (Wildman–Crippen LogP) is 5.66. The third-order valence-corrected chi connectivity index (χ3v) is 31.5. The van der Waals surface area contributed by atoms with E-state index in [1.165, 1.54) is 3.87 Å². The third kappa shape index (κ3) is 3.51. The zero-order valence-electron chi connectivity index (χ0n) is 17.6. The summed E-state index contributed by atoms with van der Waals surface area (Å²) in [5, 5.41) is 13.0. The van der Waals surface area contributed by atoms with Crippen molar-refractivity contribution in [3.63, 3.8) is 0 Å². The SMILES string of the molecule is CC(C)(C)[NH][Ti]([CH3])([CH3])([CH3])([CH3])([CH3])([SiH3])([C]1=CC=CC1)[c]1ccccc1.Cl.Cl. The van der Waals surface area contributed by atoms with Crippen LogP contribution in [0, 0.1) is 0 Å². The summed E-state index contributed by atoms with van der Waals surface area (Å²) in [6.07, 6.45) is 7.97. The molecule has 0 radical (unpaired) electrons. The Bertz CT molecular complexity index is 820. The summed E-state index contributed by atoms with van der Waals surface area (Å²) in [5.41, 5.74) is -0.00805. The van der Waals surface area contributed by atoms with E-state index in [9.17, 15) is 0 Å². The average molecular weight is 441 g/mol. The molecule has 25 heavy (non-hydrogen) atoms. The van der Waals surface area contributed by atoms with Crippen molar-refractivity contribution in [2.75, 3.05) is 0 Å². The van der Waals surface area contributed by atoms with Crippen molar-refractivity contribution in [3.05, 3.63) is 52.4 Å². The molecule has 0 bridgehead atoms. The molecule has 0 unspecified atom stereocenters. The van der Waals surface area contributed by atoms with Crippen molar-refractivity contribution in [3.8, 4) is 0 Å². The van der Waals surface area contributed by atoms with Gasteiger partial charge in [-0.25, -0.2) is 0 Å². The Morgan fingerprint density at radius 3 is 1.76 bits per heavy atom. The Balaban J connectivity index is 0.00000288. The van der Waals surface area contributed by atoms with E-state index in [-0.39, 0.29) is 30.4 Å². The molecule has 0 fully saturated rings. The van der Waals surface area contributed by atoms with Crippen LogP contribution < -0.4 is 7.67 Å². The van der Waals surface area contributed by atoms with Gasteiger partial charge in [-0.1, -0.05) is 0 Å². The molecule has 1 N–H and O–H groups in total. The number of nitrogens with one attached hydrogen (secondary N) is 1. The summed E-state index contributed by atoms with van der Waals surface area (Å²) in [6, 6.07) is 11.2. The maximum absolute atomic E-state index is 5.29. The van der Waals surface area contributed by atoms with E-state index < -0.39 is 9.69 Å². The Kier molecular flexibility index (Phi) is 3.86. The molecule has 0 aliphatic heterocycles. The molecule has 0 saturated carbocycles. The second-order valence-corrected chi connectivity index (χ2v) is 85.2. The molecule has 0 heterocycles. The average Bonchev–Trinajstić information content (AvgIpc) is 2.80. The van der Waals surface area contributed by atoms with Crippen LogP contribution in [-0.2, 0) is 9.69 Å². The number of hydrogen-bond acceptors (Lipinski definition) is 1. The van der Waals surface area contributed by atoms with Crippen LogP contribution in [-0.4, -0.2) is 13.6 Å². The van der Waals surface area contributed by atoms with Gasteiger partial charge in [0.15, 0.2) is 0 Å². The van der Waals surface area contributed by atoms with Gasteiger partial charge in [0.25, 0.3) is 0 Å². The molecular formula is C20H40Cl2NSiTi. The second kappa shape index (κ2) is 3.84. The molecule has 1 aromatic rings. The number of halogens is 2. The molecule has 0 aromatic heterocycles. The molecule has 0 amide bonds. The van der Waals surface area contributed by atoms with E-state index in [4.69, 9.17) is 0 Å². The minimum Gasteiger partial charge on any atom is -0.147 e. The first-order valence-electron chi connectivity index (χ1n) is 9.13. The Hall–Kier alpha value is 0.171. The van der Waals surface area contributed by atoms with Crippen molar-refractivity contribution in [2.24, 2.45) is 0 Å².